The molecule has 0 unspecified atom stereocenters. The molecule has 0 aliphatic heterocycles. The molecule has 0 rings (SSSR count). The number of isocyanates is 1. The smallest absolute Gasteiger partial charge is 0.756 e. The Kier molecular flexibility index (Phi) is 29.5. The minimum absolute atomic E-state index is 0. The predicted molar refractivity (Wildman–Crippen MR) is 21.1 cm³/mol. The summed E-state index contributed by atoms with van der Waals surface area (Å²) in [6.45, 7) is 0. The van der Waals surface area contributed by atoms with Crippen LogP contribution in [0.15, 0.2) is 0 Å². The summed E-state index contributed by atoms with van der Waals surface area (Å²) in [6.07, 6.45) is 0.500. The number of hydrogen-bond donors (Lipinski definition) is 2. The molecule has 10 heavy (non-hydrogen) atoms. The molecule has 0 aliphatic rings. The fourth-order valence-corrected chi connectivity index (χ4v) is 0. The van der Waals surface area contributed by atoms with E-state index in [9.17, 15) is 0 Å². The Hall–Kier alpha value is 1.49. The van der Waals surface area contributed by atoms with Crippen molar-refractivity contribution in [2.45, 2.75) is 0 Å². The van der Waals surface area contributed by atoms with Crippen LogP contribution in [0.2, 0.25) is 0 Å². The molecule has 0 bridgehead atoms. The van der Waals surface area contributed by atoms with Gasteiger partial charge >= 0.3 is 59.1 Å². The summed E-state index contributed by atoms with van der Waals surface area (Å²) in [5, 5.41) is 6.76. The van der Waals surface area contributed by atoms with Gasteiger partial charge in [0.2, 0.25) is 0 Å². The monoisotopic (exact) mass is 185 g/mol. The maximum atomic E-state index is 8.77. The zero-order chi connectivity index (χ0) is 7.21. The van der Waals surface area contributed by atoms with E-state index in [1.54, 1.807) is 0 Å². The third kappa shape index (κ3) is 308. The summed E-state index contributed by atoms with van der Waals surface area (Å²) in [4.78, 5) is 31.2. The van der Waals surface area contributed by atoms with Crippen molar-refractivity contribution >= 4 is 13.9 Å². The van der Waals surface area contributed by atoms with Crippen LogP contribution in [0.25, 0.3) is 5.41 Å². The Morgan fingerprint density at radius 1 is 1.40 bits per heavy atom. The number of nitrogens with zero attached hydrogens (tertiary/aromatic N) is 1. The van der Waals surface area contributed by atoms with Gasteiger partial charge in [-0.05, 0) is 6.08 Å². The minimum Gasteiger partial charge on any atom is -0.756 e. The van der Waals surface area contributed by atoms with Crippen molar-refractivity contribution in [1.82, 2.24) is 0 Å². The van der Waals surface area contributed by atoms with Gasteiger partial charge in [0.1, 0.15) is 0 Å². The normalized spacial score (nSPS) is 6.70. The van der Waals surface area contributed by atoms with E-state index < -0.39 is 7.82 Å². The molecule has 0 heterocycles. The van der Waals surface area contributed by atoms with Gasteiger partial charge in [0, 0.05) is 0 Å². The summed E-state index contributed by atoms with van der Waals surface area (Å²) in [5.74, 6) is 0. The van der Waals surface area contributed by atoms with Gasteiger partial charge < -0.3 is 20.1 Å². The van der Waals surface area contributed by atoms with Crippen LogP contribution in [0.4, 0.5) is 0 Å². The largest absolute Gasteiger partial charge is 1.00 e. The van der Waals surface area contributed by atoms with Crippen LogP contribution in [0.5, 0.6) is 0 Å². The van der Waals surface area contributed by atoms with Crippen molar-refractivity contribution in [2.24, 2.45) is 0 Å². The summed E-state index contributed by atoms with van der Waals surface area (Å²) >= 11 is 0. The molecule has 0 spiro atoms. The van der Waals surface area contributed by atoms with Crippen molar-refractivity contribution < 1.29 is 83.2 Å². The van der Waals surface area contributed by atoms with Crippen LogP contribution < -0.4 is 64.0 Å². The van der Waals surface area contributed by atoms with E-state index in [0.717, 1.165) is 0 Å². The maximum absolute atomic E-state index is 8.77. The molecule has 0 aromatic carbocycles. The second kappa shape index (κ2) is 13.1. The van der Waals surface area contributed by atoms with Gasteiger partial charge in [0.15, 0.2) is 0 Å². The second-order valence-corrected chi connectivity index (χ2v) is 1.56. The summed E-state index contributed by atoms with van der Waals surface area (Å²) < 4.78 is 8.77. The van der Waals surface area contributed by atoms with Crippen LogP contribution in [0, 0.1) is 0 Å². The third-order valence-corrected chi connectivity index (χ3v) is 0. The van der Waals surface area contributed by atoms with Crippen molar-refractivity contribution in [3.63, 3.8) is 0 Å². The van der Waals surface area contributed by atoms with Gasteiger partial charge in [-0.1, -0.05) is 0 Å². The van der Waals surface area contributed by atoms with Crippen molar-refractivity contribution in [2.75, 3.05) is 0 Å². The van der Waals surface area contributed by atoms with E-state index in [1.807, 2.05) is 0 Å². The summed E-state index contributed by atoms with van der Waals surface area (Å²) in [5.41, 5.74) is 0. The molecule has 0 saturated heterocycles. The van der Waals surface area contributed by atoms with Gasteiger partial charge in [-0.25, -0.2) is 0 Å². The van der Waals surface area contributed by atoms with E-state index in [-0.39, 0.29) is 59.1 Å². The molecule has 0 saturated carbocycles. The maximum Gasteiger partial charge on any atom is 1.00 e. The van der Waals surface area contributed by atoms with Gasteiger partial charge in [-0.3, -0.25) is 9.36 Å². The average molecular weight is 185 g/mol. The molecule has 0 radical (unpaired) electrons. The molecule has 0 atom stereocenters. The fraction of sp³-hybridized carbons (Fsp3) is 0. The summed E-state index contributed by atoms with van der Waals surface area (Å²) in [7, 11) is -4.89. The molecule has 0 fully saturated rings. The first-order valence-electron chi connectivity index (χ1n) is 1.19. The van der Waals surface area contributed by atoms with Crippen molar-refractivity contribution in [3.8, 4) is 0 Å². The minimum atomic E-state index is -4.89. The Labute approximate surface area is 101 Å². The van der Waals surface area contributed by atoms with Gasteiger partial charge in [0.25, 0.3) is 7.82 Å². The van der Waals surface area contributed by atoms with Gasteiger partial charge in [-0.2, -0.15) is 0 Å². The summed E-state index contributed by atoms with van der Waals surface area (Å²) in [6, 6.07) is 0. The van der Waals surface area contributed by atoms with E-state index in [0.29, 0.717) is 6.08 Å². The number of phosphoric acid groups is 1. The standard InChI is InChI=1S/CNO.2Na.H3O4P/c2-1-3;;;1-5(2,3)4/h;;;(H3,1,2,3,4)/q-1;2*+1;/p-1. The molecule has 0 aromatic heterocycles. The third-order valence-electron chi connectivity index (χ3n) is 0. The second-order valence-electron chi connectivity index (χ2n) is 0.582. The molecule has 0 amide bonds. The fourth-order valence-electron chi connectivity index (χ4n) is 0. The number of hydrogen-bond acceptors (Lipinski definition) is 3. The average Bonchev–Trinajstić information content (AvgIpc) is 1.27. The van der Waals surface area contributed by atoms with Crippen LogP contribution in [-0.2, 0) is 9.36 Å². The first-order valence-corrected chi connectivity index (χ1v) is 2.72. The zero-order valence-corrected chi connectivity index (χ0v) is 10.4. The molecule has 2 N–H and O–H groups in total. The molecule has 9 heteroatoms. The van der Waals surface area contributed by atoms with Crippen molar-refractivity contribution in [3.05, 3.63) is 5.41 Å². The van der Waals surface area contributed by atoms with E-state index in [4.69, 9.17) is 29.4 Å². The molecule has 48 valence electrons. The van der Waals surface area contributed by atoms with Gasteiger partial charge in [0.05, 0.1) is 0 Å². The Morgan fingerprint density at radius 2 is 1.40 bits per heavy atom. The van der Waals surface area contributed by atoms with Crippen LogP contribution in [0.3, 0.4) is 0 Å². The number of carbonyl (C=O) groups excluding carboxylic acids is 1. The Bertz CT molecular complexity index is 117. The molecular formula is CH2NNa2O5P. The molecule has 6 nitrogen and oxygen atoms in total. The van der Waals surface area contributed by atoms with Gasteiger partial charge in [-0.15, -0.1) is 0 Å². The van der Waals surface area contributed by atoms with Crippen LogP contribution in [0.1, 0.15) is 0 Å². The molecular weight excluding hydrogens is 183 g/mol. The van der Waals surface area contributed by atoms with Crippen molar-refractivity contribution in [1.29, 1.82) is 0 Å². The molecule has 0 aromatic rings. The first-order chi connectivity index (χ1) is 3.41. The number of rotatable bonds is 0. The van der Waals surface area contributed by atoms with E-state index in [2.05, 4.69) is 0 Å². The zero-order valence-electron chi connectivity index (χ0n) is 5.51. The van der Waals surface area contributed by atoms with E-state index >= 15 is 0 Å². The quantitative estimate of drug-likeness (QED) is 0.168. The van der Waals surface area contributed by atoms with E-state index in [1.165, 1.54) is 0 Å². The van der Waals surface area contributed by atoms with Crippen LogP contribution in [-0.4, -0.2) is 15.9 Å². The topological polar surface area (TPSA) is 120 Å². The Balaban J connectivity index is -0.0000000326. The Morgan fingerprint density at radius 3 is 1.40 bits per heavy atom. The van der Waals surface area contributed by atoms with Crippen LogP contribution >= 0.6 is 7.82 Å². The predicted octanol–water partition coefficient (Wildman–Crippen LogP) is -7.66. The molecule has 0 aliphatic carbocycles. The SMILES string of the molecule is O=P([O-])(O)O.[N-]=C=O.[Na+].[Na+]. The first kappa shape index (κ1) is 22.5.